The molecule has 0 bridgehead atoms. The molecule has 0 saturated carbocycles. The van der Waals surface area contributed by atoms with Crippen LogP contribution in [0.1, 0.15) is 59.4 Å². The first kappa shape index (κ1) is 24.3. The molecule has 6 nitrogen and oxygen atoms in total. The zero-order valence-corrected chi connectivity index (χ0v) is 20.8. The Kier molecular flexibility index (Phi) is 7.67. The first-order valence-corrected chi connectivity index (χ1v) is 11.7. The largest absolute Gasteiger partial charge is 0.371 e. The van der Waals surface area contributed by atoms with Crippen LogP contribution in [0.15, 0.2) is 23.0 Å². The molecule has 1 aliphatic heterocycles. The summed E-state index contributed by atoms with van der Waals surface area (Å²) in [6, 6.07) is 6.53. The lowest BCUT2D eigenvalue weighted by molar-refractivity contribution is 0.0950. The summed E-state index contributed by atoms with van der Waals surface area (Å²) in [4.78, 5) is 32.9. The second kappa shape index (κ2) is 10.1. The van der Waals surface area contributed by atoms with Crippen molar-refractivity contribution in [2.24, 2.45) is 0 Å². The van der Waals surface area contributed by atoms with E-state index in [9.17, 15) is 9.59 Å². The summed E-state index contributed by atoms with van der Waals surface area (Å²) in [5, 5.41) is 3.44. The number of hydrogen-bond acceptors (Lipinski definition) is 4. The van der Waals surface area contributed by atoms with Gasteiger partial charge in [0, 0.05) is 66.3 Å². The molecule has 0 spiro atoms. The van der Waals surface area contributed by atoms with Crippen molar-refractivity contribution in [3.8, 4) is 0 Å². The van der Waals surface area contributed by atoms with Crippen LogP contribution in [0.5, 0.6) is 0 Å². The molecular weight excluding hydrogens is 424 g/mol. The Morgan fingerprint density at radius 2 is 1.88 bits per heavy atom. The second-order valence-electron chi connectivity index (χ2n) is 9.19. The SMILES string of the molecule is Cc1cc(C)c(CNC(=O)c2cc(Cl)cc(N(C)C3CCN(C(C)C)CC3)c2C)c(=O)[nH]1. The van der Waals surface area contributed by atoms with Crippen LogP contribution in [0.25, 0.3) is 0 Å². The summed E-state index contributed by atoms with van der Waals surface area (Å²) in [7, 11) is 2.09. The van der Waals surface area contributed by atoms with E-state index < -0.39 is 0 Å². The van der Waals surface area contributed by atoms with Crippen molar-refractivity contribution < 1.29 is 4.79 Å². The van der Waals surface area contributed by atoms with E-state index in [1.807, 2.05) is 32.9 Å². The Bertz CT molecular complexity index is 1040. The number of rotatable bonds is 6. The van der Waals surface area contributed by atoms with Crippen LogP contribution >= 0.6 is 11.6 Å². The Labute approximate surface area is 196 Å². The summed E-state index contributed by atoms with van der Waals surface area (Å²) >= 11 is 6.43. The van der Waals surface area contributed by atoms with E-state index in [0.717, 1.165) is 48.4 Å². The van der Waals surface area contributed by atoms with Gasteiger partial charge in [-0.05, 0) is 76.8 Å². The molecule has 2 heterocycles. The van der Waals surface area contributed by atoms with Crippen molar-refractivity contribution in [3.05, 3.63) is 61.5 Å². The molecular formula is C25H35ClN4O2. The number of halogens is 1. The normalized spacial score (nSPS) is 15.2. The number of H-pyrrole nitrogens is 1. The molecule has 1 amide bonds. The number of aromatic nitrogens is 1. The van der Waals surface area contributed by atoms with Gasteiger partial charge in [0.1, 0.15) is 0 Å². The summed E-state index contributed by atoms with van der Waals surface area (Å²) in [6.07, 6.45) is 2.16. The van der Waals surface area contributed by atoms with Crippen LogP contribution in [-0.4, -0.2) is 48.0 Å². The van der Waals surface area contributed by atoms with E-state index in [1.54, 1.807) is 6.07 Å². The fourth-order valence-corrected chi connectivity index (χ4v) is 4.83. The highest BCUT2D eigenvalue weighted by molar-refractivity contribution is 6.31. The summed E-state index contributed by atoms with van der Waals surface area (Å²) < 4.78 is 0. The smallest absolute Gasteiger partial charge is 0.253 e. The van der Waals surface area contributed by atoms with E-state index >= 15 is 0 Å². The standard InChI is InChI=1S/C25H35ClN4O2/c1-15(2)30-9-7-20(8-10-30)29(6)23-13-19(26)12-21(18(23)5)24(31)27-14-22-16(3)11-17(4)28-25(22)32/h11-13,15,20H,7-10,14H2,1-6H3,(H,27,31)(H,28,32). The monoisotopic (exact) mass is 458 g/mol. The molecule has 1 saturated heterocycles. The Morgan fingerprint density at radius 3 is 2.47 bits per heavy atom. The maximum atomic E-state index is 13.0. The van der Waals surface area contributed by atoms with E-state index in [-0.39, 0.29) is 18.0 Å². The number of nitrogens with zero attached hydrogens (tertiary/aromatic N) is 2. The number of piperidine rings is 1. The highest BCUT2D eigenvalue weighted by Gasteiger charge is 2.26. The Balaban J connectivity index is 1.77. The number of likely N-dealkylation sites (tertiary alicyclic amines) is 1. The Morgan fingerprint density at radius 1 is 1.22 bits per heavy atom. The third-order valence-electron chi connectivity index (χ3n) is 6.67. The topological polar surface area (TPSA) is 68.4 Å². The lowest BCUT2D eigenvalue weighted by Gasteiger charge is -2.40. The average molecular weight is 459 g/mol. The molecule has 2 N–H and O–H groups in total. The third kappa shape index (κ3) is 5.36. The molecule has 174 valence electrons. The van der Waals surface area contributed by atoms with E-state index in [1.165, 1.54) is 0 Å². The van der Waals surface area contributed by atoms with Crippen molar-refractivity contribution in [3.63, 3.8) is 0 Å². The highest BCUT2D eigenvalue weighted by atomic mass is 35.5. The quantitative estimate of drug-likeness (QED) is 0.681. The van der Waals surface area contributed by atoms with Gasteiger partial charge >= 0.3 is 0 Å². The van der Waals surface area contributed by atoms with E-state index in [0.29, 0.717) is 28.2 Å². The molecule has 1 fully saturated rings. The molecule has 7 heteroatoms. The van der Waals surface area contributed by atoms with Gasteiger partial charge in [0.05, 0.1) is 0 Å². The van der Waals surface area contributed by atoms with Gasteiger partial charge in [0.15, 0.2) is 0 Å². The van der Waals surface area contributed by atoms with Gasteiger partial charge in [-0.2, -0.15) is 0 Å². The number of carbonyl (C=O) groups is 1. The van der Waals surface area contributed by atoms with Crippen molar-refractivity contribution in [2.45, 2.75) is 66.1 Å². The number of aromatic amines is 1. The van der Waals surface area contributed by atoms with Crippen LogP contribution in [0.4, 0.5) is 5.69 Å². The number of benzene rings is 1. The van der Waals surface area contributed by atoms with Crippen molar-refractivity contribution in [1.29, 1.82) is 0 Å². The van der Waals surface area contributed by atoms with Gasteiger partial charge in [-0.15, -0.1) is 0 Å². The minimum Gasteiger partial charge on any atom is -0.371 e. The number of nitrogens with one attached hydrogen (secondary N) is 2. The summed E-state index contributed by atoms with van der Waals surface area (Å²) in [6.45, 7) is 12.5. The number of aryl methyl sites for hydroxylation is 2. The summed E-state index contributed by atoms with van der Waals surface area (Å²) in [5.41, 5.74) is 4.49. The maximum absolute atomic E-state index is 13.0. The number of carbonyl (C=O) groups excluding carboxylic acids is 1. The highest BCUT2D eigenvalue weighted by Crippen LogP contribution is 2.31. The number of amides is 1. The van der Waals surface area contributed by atoms with Crippen LogP contribution in [0.3, 0.4) is 0 Å². The molecule has 0 radical (unpaired) electrons. The molecule has 1 aromatic carbocycles. The maximum Gasteiger partial charge on any atom is 0.253 e. The van der Waals surface area contributed by atoms with Crippen LogP contribution in [0.2, 0.25) is 5.02 Å². The second-order valence-corrected chi connectivity index (χ2v) is 9.63. The zero-order chi connectivity index (χ0) is 23.6. The zero-order valence-electron chi connectivity index (χ0n) is 20.0. The minimum absolute atomic E-state index is 0.168. The predicted molar refractivity (Wildman–Crippen MR) is 132 cm³/mol. The van der Waals surface area contributed by atoms with E-state index in [2.05, 4.69) is 41.0 Å². The Hall–Kier alpha value is -2.31. The number of anilines is 1. The first-order chi connectivity index (χ1) is 15.1. The molecule has 1 aliphatic rings. The van der Waals surface area contributed by atoms with Crippen LogP contribution < -0.4 is 15.8 Å². The number of hydrogen-bond donors (Lipinski definition) is 2. The molecule has 0 atom stereocenters. The van der Waals surface area contributed by atoms with Crippen LogP contribution in [0, 0.1) is 20.8 Å². The summed E-state index contributed by atoms with van der Waals surface area (Å²) in [5.74, 6) is -0.228. The van der Waals surface area contributed by atoms with Gasteiger partial charge < -0.3 is 20.1 Å². The van der Waals surface area contributed by atoms with Gasteiger partial charge in [0.2, 0.25) is 0 Å². The van der Waals surface area contributed by atoms with E-state index in [4.69, 9.17) is 11.6 Å². The van der Waals surface area contributed by atoms with Crippen molar-refractivity contribution in [2.75, 3.05) is 25.0 Å². The van der Waals surface area contributed by atoms with Crippen molar-refractivity contribution >= 4 is 23.2 Å². The molecule has 32 heavy (non-hydrogen) atoms. The predicted octanol–water partition coefficient (Wildman–Crippen LogP) is 4.19. The van der Waals surface area contributed by atoms with Gasteiger partial charge in [-0.1, -0.05) is 11.6 Å². The van der Waals surface area contributed by atoms with Gasteiger partial charge in [-0.3, -0.25) is 9.59 Å². The molecule has 2 aromatic rings. The fourth-order valence-electron chi connectivity index (χ4n) is 4.62. The number of pyridine rings is 1. The minimum atomic E-state index is -0.228. The molecule has 0 aliphatic carbocycles. The fraction of sp³-hybridized carbons (Fsp3) is 0.520. The first-order valence-electron chi connectivity index (χ1n) is 11.3. The van der Waals surface area contributed by atoms with Gasteiger partial charge in [0.25, 0.3) is 11.5 Å². The molecule has 1 aromatic heterocycles. The third-order valence-corrected chi connectivity index (χ3v) is 6.88. The lowest BCUT2D eigenvalue weighted by atomic mass is 9.99. The average Bonchev–Trinajstić information content (AvgIpc) is 2.73. The lowest BCUT2D eigenvalue weighted by Crippen LogP contribution is -2.46. The van der Waals surface area contributed by atoms with Crippen LogP contribution in [-0.2, 0) is 6.54 Å². The molecule has 0 unspecified atom stereocenters. The van der Waals surface area contributed by atoms with Gasteiger partial charge in [-0.25, -0.2) is 0 Å². The molecule has 3 rings (SSSR count). The van der Waals surface area contributed by atoms with Crippen molar-refractivity contribution in [1.82, 2.24) is 15.2 Å².